The molecule has 2 heterocycles. The van der Waals surface area contributed by atoms with Crippen LogP contribution in [0.15, 0.2) is 48.8 Å². The highest BCUT2D eigenvalue weighted by Gasteiger charge is 2.47. The summed E-state index contributed by atoms with van der Waals surface area (Å²) in [5, 5.41) is 3.31. The van der Waals surface area contributed by atoms with Crippen LogP contribution in [0, 0.1) is 5.92 Å². The Morgan fingerprint density at radius 1 is 1.20 bits per heavy atom. The van der Waals surface area contributed by atoms with Gasteiger partial charge in [-0.1, -0.05) is 31.2 Å². The van der Waals surface area contributed by atoms with Crippen LogP contribution in [0.25, 0.3) is 0 Å². The van der Waals surface area contributed by atoms with Crippen LogP contribution in [0.4, 0.5) is 0 Å². The normalized spacial score (nSPS) is 26.1. The van der Waals surface area contributed by atoms with E-state index in [0.29, 0.717) is 23.4 Å². The Labute approximate surface area is 149 Å². The number of likely N-dealkylation sites (tertiary alicyclic amines) is 1. The topological polar surface area (TPSA) is 45.2 Å². The summed E-state index contributed by atoms with van der Waals surface area (Å²) in [4.78, 5) is 19.3. The minimum Gasteiger partial charge on any atom is -0.345 e. The Morgan fingerprint density at radius 3 is 2.64 bits per heavy atom. The van der Waals surface area contributed by atoms with E-state index in [2.05, 4.69) is 53.3 Å². The third-order valence-electron chi connectivity index (χ3n) is 6.00. The summed E-state index contributed by atoms with van der Waals surface area (Å²) < 4.78 is 0. The number of aromatic nitrogens is 1. The van der Waals surface area contributed by atoms with E-state index in [1.165, 1.54) is 11.1 Å². The number of fused-ring (bicyclic) bond motifs is 3. The highest BCUT2D eigenvalue weighted by atomic mass is 16.1. The summed E-state index contributed by atoms with van der Waals surface area (Å²) in [7, 11) is 0. The van der Waals surface area contributed by atoms with E-state index in [1.54, 1.807) is 24.5 Å². The number of nitrogens with one attached hydrogen (secondary N) is 1. The Hall–Kier alpha value is -2.20. The van der Waals surface area contributed by atoms with Crippen molar-refractivity contribution in [2.24, 2.45) is 5.92 Å². The maximum absolute atomic E-state index is 12.7. The van der Waals surface area contributed by atoms with Gasteiger partial charge in [0.05, 0.1) is 6.04 Å². The molecule has 25 heavy (non-hydrogen) atoms. The van der Waals surface area contributed by atoms with Gasteiger partial charge in [-0.15, -0.1) is 0 Å². The van der Waals surface area contributed by atoms with Crippen molar-refractivity contribution in [3.8, 4) is 0 Å². The molecule has 4 rings (SSSR count). The van der Waals surface area contributed by atoms with Gasteiger partial charge in [-0.05, 0) is 36.6 Å². The first-order valence-corrected chi connectivity index (χ1v) is 9.22. The first-order valence-electron chi connectivity index (χ1n) is 9.22. The first-order chi connectivity index (χ1) is 12.2. The molecular weight excluding hydrogens is 310 g/mol. The third kappa shape index (κ3) is 2.85. The van der Waals surface area contributed by atoms with Crippen LogP contribution in [0.1, 0.15) is 53.7 Å². The van der Waals surface area contributed by atoms with E-state index < -0.39 is 0 Å². The zero-order valence-corrected chi connectivity index (χ0v) is 14.9. The summed E-state index contributed by atoms with van der Waals surface area (Å²) in [6.07, 6.45) is 4.50. The second-order valence-corrected chi connectivity index (χ2v) is 7.30. The predicted molar refractivity (Wildman–Crippen MR) is 98.4 cm³/mol. The molecule has 2 aromatic rings. The predicted octanol–water partition coefficient (Wildman–Crippen LogP) is 3.38. The molecule has 1 aromatic heterocycles. The number of nitrogens with zero attached hydrogens (tertiary/aromatic N) is 2. The lowest BCUT2D eigenvalue weighted by molar-refractivity contribution is 0.0923. The molecule has 4 nitrogen and oxygen atoms in total. The molecule has 1 aliphatic heterocycles. The quantitative estimate of drug-likeness (QED) is 0.932. The lowest BCUT2D eigenvalue weighted by Crippen LogP contribution is -2.35. The summed E-state index contributed by atoms with van der Waals surface area (Å²) in [5.41, 5.74) is 3.38. The fraction of sp³-hybridized carbons (Fsp3) is 0.429. The van der Waals surface area contributed by atoms with Gasteiger partial charge >= 0.3 is 0 Å². The van der Waals surface area contributed by atoms with Crippen molar-refractivity contribution in [1.29, 1.82) is 0 Å². The zero-order chi connectivity index (χ0) is 17.4. The molecule has 0 unspecified atom stereocenters. The molecule has 0 bridgehead atoms. The summed E-state index contributed by atoms with van der Waals surface area (Å²) in [6, 6.07) is 12.9. The number of rotatable bonds is 4. The first kappa shape index (κ1) is 16.3. The van der Waals surface area contributed by atoms with Gasteiger partial charge in [-0.25, -0.2) is 0 Å². The van der Waals surface area contributed by atoms with Crippen molar-refractivity contribution in [2.45, 2.75) is 38.3 Å². The van der Waals surface area contributed by atoms with Crippen LogP contribution in [0.2, 0.25) is 0 Å². The lowest BCUT2D eigenvalue weighted by atomic mass is 9.94. The van der Waals surface area contributed by atoms with Crippen LogP contribution in [0.5, 0.6) is 0 Å². The molecule has 1 aliphatic carbocycles. The fourth-order valence-electron chi connectivity index (χ4n) is 4.42. The molecular formula is C21H25N3O. The summed E-state index contributed by atoms with van der Waals surface area (Å²) in [5.74, 6) is 0.968. The number of hydrogen-bond donors (Lipinski definition) is 1. The maximum atomic E-state index is 12.7. The molecule has 1 fully saturated rings. The molecule has 4 atom stereocenters. The molecule has 1 saturated heterocycles. The second-order valence-electron chi connectivity index (χ2n) is 7.30. The number of hydrogen-bond acceptors (Lipinski definition) is 3. The minimum atomic E-state index is -0.00940. The number of carbonyl (C=O) groups is 1. The minimum absolute atomic E-state index is 0.00940. The van der Waals surface area contributed by atoms with Gasteiger partial charge in [0.1, 0.15) is 0 Å². The van der Waals surface area contributed by atoms with Crippen LogP contribution in [-0.4, -0.2) is 34.9 Å². The summed E-state index contributed by atoms with van der Waals surface area (Å²) >= 11 is 0. The van der Waals surface area contributed by atoms with Gasteiger partial charge in [0.25, 0.3) is 5.91 Å². The molecule has 1 N–H and O–H groups in total. The van der Waals surface area contributed by atoms with E-state index >= 15 is 0 Å². The average Bonchev–Trinajstić information content (AvgIpc) is 3.21. The molecule has 1 aromatic carbocycles. The average molecular weight is 335 g/mol. The Kier molecular flexibility index (Phi) is 4.30. The Morgan fingerprint density at radius 2 is 1.92 bits per heavy atom. The van der Waals surface area contributed by atoms with E-state index in [1.807, 2.05) is 0 Å². The van der Waals surface area contributed by atoms with Crippen LogP contribution >= 0.6 is 0 Å². The van der Waals surface area contributed by atoms with E-state index in [9.17, 15) is 4.79 Å². The van der Waals surface area contributed by atoms with Gasteiger partial charge in [0.15, 0.2) is 0 Å². The standard InChI is InChI=1S/C21H25N3O/c1-3-14(2)24-12-18-16-6-4-5-7-17(16)20(19(18)13-24)23-21(25)15-8-10-22-11-9-15/h4-11,14,18-20H,3,12-13H2,1-2H3,(H,23,25)/t14-,18+,19+,20-/m1/s1. The molecule has 0 radical (unpaired) electrons. The van der Waals surface area contributed by atoms with Crippen molar-refractivity contribution in [2.75, 3.05) is 13.1 Å². The van der Waals surface area contributed by atoms with Gasteiger partial charge < -0.3 is 5.32 Å². The lowest BCUT2D eigenvalue weighted by Gasteiger charge is -2.26. The highest BCUT2D eigenvalue weighted by Crippen LogP contribution is 2.49. The molecule has 4 heteroatoms. The fourth-order valence-corrected chi connectivity index (χ4v) is 4.42. The largest absolute Gasteiger partial charge is 0.345 e. The van der Waals surface area contributed by atoms with Crippen molar-refractivity contribution in [3.05, 3.63) is 65.5 Å². The monoisotopic (exact) mass is 335 g/mol. The zero-order valence-electron chi connectivity index (χ0n) is 14.9. The van der Waals surface area contributed by atoms with Crippen LogP contribution in [-0.2, 0) is 0 Å². The van der Waals surface area contributed by atoms with E-state index in [-0.39, 0.29) is 11.9 Å². The second kappa shape index (κ2) is 6.60. The van der Waals surface area contributed by atoms with E-state index in [0.717, 1.165) is 19.5 Å². The van der Waals surface area contributed by atoms with Crippen molar-refractivity contribution in [1.82, 2.24) is 15.2 Å². The SMILES string of the molecule is CC[C@@H](C)N1C[C@@H]2[C@H](NC(=O)c3ccncc3)c3ccccc3[C@@H]2C1. The van der Waals surface area contributed by atoms with Crippen molar-refractivity contribution >= 4 is 5.91 Å². The van der Waals surface area contributed by atoms with Gasteiger partial charge in [0, 0.05) is 48.9 Å². The van der Waals surface area contributed by atoms with Crippen LogP contribution < -0.4 is 5.32 Å². The Bertz CT molecular complexity index is 761. The number of pyridine rings is 1. The van der Waals surface area contributed by atoms with Crippen molar-refractivity contribution in [3.63, 3.8) is 0 Å². The number of carbonyl (C=O) groups excluding carboxylic acids is 1. The molecule has 0 saturated carbocycles. The molecule has 1 amide bonds. The smallest absolute Gasteiger partial charge is 0.251 e. The van der Waals surface area contributed by atoms with Gasteiger partial charge in [0.2, 0.25) is 0 Å². The third-order valence-corrected chi connectivity index (χ3v) is 6.00. The van der Waals surface area contributed by atoms with E-state index in [4.69, 9.17) is 0 Å². The Balaban J connectivity index is 1.61. The molecule has 2 aliphatic rings. The van der Waals surface area contributed by atoms with Crippen LogP contribution in [0.3, 0.4) is 0 Å². The maximum Gasteiger partial charge on any atom is 0.251 e. The van der Waals surface area contributed by atoms with Crippen molar-refractivity contribution < 1.29 is 4.79 Å². The van der Waals surface area contributed by atoms with Gasteiger partial charge in [-0.2, -0.15) is 0 Å². The van der Waals surface area contributed by atoms with Gasteiger partial charge in [-0.3, -0.25) is 14.7 Å². The molecule has 130 valence electrons. The molecule has 0 spiro atoms. The number of benzene rings is 1. The highest BCUT2D eigenvalue weighted by molar-refractivity contribution is 5.94. The summed E-state index contributed by atoms with van der Waals surface area (Å²) in [6.45, 7) is 6.70. The number of amides is 1.